The van der Waals surface area contributed by atoms with Crippen LogP contribution in [-0.4, -0.2) is 82.7 Å². The van der Waals surface area contributed by atoms with Crippen molar-refractivity contribution in [3.05, 3.63) is 53.1 Å². The number of aliphatic hydroxyl groups excluding tert-OH is 1. The Morgan fingerprint density at radius 2 is 1.75 bits per heavy atom. The summed E-state index contributed by atoms with van der Waals surface area (Å²) in [6, 6.07) is 4.58. The highest BCUT2D eigenvalue weighted by molar-refractivity contribution is 6.34. The molecule has 1 N–H and O–H groups in total. The summed E-state index contributed by atoms with van der Waals surface area (Å²) >= 11 is 6.63. The predicted molar refractivity (Wildman–Crippen MR) is 154 cm³/mol. The lowest BCUT2D eigenvalue weighted by atomic mass is 9.73. The molecule has 8 nitrogen and oxygen atoms in total. The minimum Gasteiger partial charge on any atom is -0.396 e. The smallest absolute Gasteiger partial charge is 0.253 e. The summed E-state index contributed by atoms with van der Waals surface area (Å²) in [5.74, 6) is -2.12. The van der Waals surface area contributed by atoms with E-state index in [0.29, 0.717) is 49.6 Å². The highest BCUT2D eigenvalue weighted by Gasteiger charge is 2.75. The zero-order valence-corrected chi connectivity index (χ0v) is 24.4. The van der Waals surface area contributed by atoms with Gasteiger partial charge < -0.3 is 24.5 Å². The lowest BCUT2D eigenvalue weighted by molar-refractivity contribution is -0.150. The number of ether oxygens (including phenoxy) is 1. The van der Waals surface area contributed by atoms with Crippen LogP contribution in [0.2, 0.25) is 5.02 Å². The molecule has 1 spiro atoms. The first kappa shape index (κ1) is 28.8. The number of rotatable bonds is 9. The van der Waals surface area contributed by atoms with Crippen LogP contribution in [-0.2, 0) is 19.1 Å². The molecule has 40 heavy (non-hydrogen) atoms. The number of halogens is 1. The normalized spacial score (nSPS) is 31.4. The number of nitrogens with zero attached hydrogens (tertiary/aromatic N) is 3. The monoisotopic (exact) mass is 569 g/mol. The highest BCUT2D eigenvalue weighted by Crippen LogP contribution is 2.58. The lowest BCUT2D eigenvalue weighted by Gasteiger charge is -2.38. The second-order valence-corrected chi connectivity index (χ2v) is 11.8. The van der Waals surface area contributed by atoms with Gasteiger partial charge in [-0.15, -0.1) is 0 Å². The quantitative estimate of drug-likeness (QED) is 0.360. The summed E-state index contributed by atoms with van der Waals surface area (Å²) in [4.78, 5) is 48.4. The number of likely N-dealkylation sites (tertiary alicyclic amines) is 1. The predicted octanol–water partition coefficient (Wildman–Crippen LogP) is 3.88. The topological polar surface area (TPSA) is 90.4 Å². The molecular weight excluding hydrogens is 530 g/mol. The van der Waals surface area contributed by atoms with Gasteiger partial charge in [0.1, 0.15) is 11.6 Å². The molecule has 0 aliphatic carbocycles. The van der Waals surface area contributed by atoms with Crippen LogP contribution in [0.3, 0.4) is 0 Å². The average molecular weight is 570 g/mol. The molecule has 1 unspecified atom stereocenters. The van der Waals surface area contributed by atoms with Crippen molar-refractivity contribution < 1.29 is 24.2 Å². The number of fused-ring (bicyclic) bond motifs is 2. The number of carbonyl (C=O) groups excluding carboxylic acids is 3. The van der Waals surface area contributed by atoms with Crippen LogP contribution in [0.15, 0.2) is 42.5 Å². The molecule has 5 rings (SSSR count). The molecule has 0 aromatic heterocycles. The molecule has 0 saturated carbocycles. The Labute approximate surface area is 241 Å². The summed E-state index contributed by atoms with van der Waals surface area (Å²) in [6.07, 6.45) is 11.0. The van der Waals surface area contributed by atoms with Gasteiger partial charge in [-0.25, -0.2) is 0 Å². The summed E-state index contributed by atoms with van der Waals surface area (Å²) in [7, 11) is 0. The Morgan fingerprint density at radius 1 is 0.975 bits per heavy atom. The van der Waals surface area contributed by atoms with Gasteiger partial charge in [0.05, 0.1) is 28.1 Å². The summed E-state index contributed by atoms with van der Waals surface area (Å²) in [5.41, 5.74) is -0.794. The second-order valence-electron chi connectivity index (χ2n) is 11.4. The summed E-state index contributed by atoms with van der Waals surface area (Å²) < 4.78 is 7.01. The van der Waals surface area contributed by atoms with E-state index < -0.39 is 29.1 Å². The van der Waals surface area contributed by atoms with Crippen molar-refractivity contribution in [2.45, 2.75) is 70.1 Å². The van der Waals surface area contributed by atoms with E-state index >= 15 is 0 Å². The van der Waals surface area contributed by atoms with E-state index in [1.54, 1.807) is 15.9 Å². The molecule has 2 fully saturated rings. The van der Waals surface area contributed by atoms with Crippen molar-refractivity contribution in [2.75, 3.05) is 37.7 Å². The number of anilines is 1. The van der Waals surface area contributed by atoms with E-state index in [0.717, 1.165) is 18.4 Å². The zero-order chi connectivity index (χ0) is 28.7. The van der Waals surface area contributed by atoms with Crippen LogP contribution in [0.4, 0.5) is 5.69 Å². The Kier molecular flexibility index (Phi) is 8.15. The van der Waals surface area contributed by atoms with Crippen LogP contribution in [0, 0.1) is 18.8 Å². The standard InChI is InChI=1S/C31H40ClN3O5/c1-4-16-33-17-10-14-30(5-2)23(27(33)37)24-28(38)35(18-7-6-8-20-36)26-29(39)34(19-11-15-31(24,26)40-30)25-21(3)12-9-13-22(25)32/h9-15,23-24,26,36H,4-8,16-20H2,1-3H3/t23-,24-,26?,30+,31-/m0/s1. The maximum absolute atomic E-state index is 14.6. The van der Waals surface area contributed by atoms with Crippen molar-refractivity contribution >= 4 is 35.0 Å². The van der Waals surface area contributed by atoms with Gasteiger partial charge in [-0.3, -0.25) is 14.4 Å². The number of aryl methyl sites for hydroxylation is 1. The molecule has 4 aliphatic heterocycles. The van der Waals surface area contributed by atoms with Gasteiger partial charge in [0.25, 0.3) is 5.91 Å². The number of unbranched alkanes of at least 4 members (excludes halogenated alkanes) is 2. The molecule has 2 saturated heterocycles. The van der Waals surface area contributed by atoms with E-state index in [2.05, 4.69) is 0 Å². The average Bonchev–Trinajstić information content (AvgIpc) is 3.22. The second kappa shape index (κ2) is 11.3. The van der Waals surface area contributed by atoms with Gasteiger partial charge in [0.2, 0.25) is 11.8 Å². The lowest BCUT2D eigenvalue weighted by Crippen LogP contribution is -2.56. The fourth-order valence-corrected chi connectivity index (χ4v) is 7.58. The van der Waals surface area contributed by atoms with Gasteiger partial charge in [-0.05, 0) is 50.7 Å². The molecule has 0 bridgehead atoms. The maximum Gasteiger partial charge on any atom is 0.253 e. The first-order valence-electron chi connectivity index (χ1n) is 14.6. The number of benzene rings is 1. The number of aliphatic hydroxyl groups is 1. The number of carbonyl (C=O) groups is 3. The van der Waals surface area contributed by atoms with Gasteiger partial charge in [0.15, 0.2) is 0 Å². The maximum atomic E-state index is 14.6. The van der Waals surface area contributed by atoms with Crippen molar-refractivity contribution in [3.63, 3.8) is 0 Å². The van der Waals surface area contributed by atoms with E-state index in [1.165, 1.54) is 0 Å². The van der Waals surface area contributed by atoms with Gasteiger partial charge >= 0.3 is 0 Å². The minimum absolute atomic E-state index is 0.0729. The SMILES string of the molecule is CCCN1CC=C[C@@]2(CC)O[C@]34C=CCN(c5c(C)cccc5Cl)C(=O)C3N(CCCCCO)C(=O)[C@@H]4[C@H]2C1=O. The van der Waals surface area contributed by atoms with Crippen LogP contribution in [0.25, 0.3) is 0 Å². The number of hydrogen-bond donors (Lipinski definition) is 1. The molecule has 4 heterocycles. The Morgan fingerprint density at radius 3 is 2.45 bits per heavy atom. The Bertz CT molecular complexity index is 1210. The summed E-state index contributed by atoms with van der Waals surface area (Å²) in [5, 5.41) is 9.76. The van der Waals surface area contributed by atoms with E-state index in [9.17, 15) is 19.5 Å². The first-order valence-corrected chi connectivity index (χ1v) is 15.0. The number of hydrogen-bond acceptors (Lipinski definition) is 5. The first-order chi connectivity index (χ1) is 19.3. The zero-order valence-electron chi connectivity index (χ0n) is 23.6. The molecule has 1 aromatic carbocycles. The van der Waals surface area contributed by atoms with Crippen molar-refractivity contribution in [2.24, 2.45) is 11.8 Å². The molecular formula is C31H40ClN3O5. The molecule has 3 amide bonds. The largest absolute Gasteiger partial charge is 0.396 e. The van der Waals surface area contributed by atoms with Crippen LogP contribution in [0.1, 0.15) is 51.5 Å². The fraction of sp³-hybridized carbons (Fsp3) is 0.581. The molecule has 216 valence electrons. The van der Waals surface area contributed by atoms with Crippen LogP contribution in [0.5, 0.6) is 0 Å². The van der Waals surface area contributed by atoms with E-state index in [1.807, 2.05) is 62.1 Å². The fourth-order valence-electron chi connectivity index (χ4n) is 7.26. The molecule has 1 aromatic rings. The third-order valence-electron chi connectivity index (χ3n) is 9.03. The number of amides is 3. The third-order valence-corrected chi connectivity index (χ3v) is 9.34. The molecule has 5 atom stereocenters. The molecule has 9 heteroatoms. The van der Waals surface area contributed by atoms with Crippen molar-refractivity contribution in [1.82, 2.24) is 9.80 Å². The summed E-state index contributed by atoms with van der Waals surface area (Å²) in [6.45, 7) is 7.69. The van der Waals surface area contributed by atoms with Gasteiger partial charge in [-0.2, -0.15) is 0 Å². The van der Waals surface area contributed by atoms with Crippen molar-refractivity contribution in [1.29, 1.82) is 0 Å². The Balaban J connectivity index is 1.64. The van der Waals surface area contributed by atoms with Crippen LogP contribution < -0.4 is 4.90 Å². The highest BCUT2D eigenvalue weighted by atomic mass is 35.5. The van der Waals surface area contributed by atoms with E-state index in [-0.39, 0.29) is 30.9 Å². The van der Waals surface area contributed by atoms with Gasteiger partial charge in [0, 0.05) is 32.8 Å². The van der Waals surface area contributed by atoms with Gasteiger partial charge in [-0.1, -0.05) is 61.9 Å². The van der Waals surface area contributed by atoms with E-state index in [4.69, 9.17) is 16.3 Å². The van der Waals surface area contributed by atoms with Crippen molar-refractivity contribution in [3.8, 4) is 0 Å². The number of para-hydroxylation sites is 1. The molecule has 0 radical (unpaired) electrons. The molecule has 4 aliphatic rings. The van der Waals surface area contributed by atoms with Crippen LogP contribution >= 0.6 is 11.6 Å². The minimum atomic E-state index is -1.29. The third kappa shape index (κ3) is 4.39. The Hall–Kier alpha value is -2.68.